The van der Waals surface area contributed by atoms with Crippen molar-refractivity contribution in [2.45, 2.75) is 11.8 Å². The van der Waals surface area contributed by atoms with E-state index in [-0.39, 0.29) is 12.3 Å². The molecule has 1 atom stereocenters. The Bertz CT molecular complexity index is 1400. The minimum absolute atomic E-state index is 0.103. The number of imidazole rings is 1. The minimum Gasteiger partial charge on any atom is -0.461 e. The summed E-state index contributed by atoms with van der Waals surface area (Å²) in [5.41, 5.74) is 2.89. The van der Waals surface area contributed by atoms with Gasteiger partial charge in [-0.15, -0.1) is 0 Å². The Labute approximate surface area is 214 Å². The first-order valence-corrected chi connectivity index (χ1v) is 12.9. The summed E-state index contributed by atoms with van der Waals surface area (Å²) in [6.07, 6.45) is 3.19. The van der Waals surface area contributed by atoms with Gasteiger partial charge in [0.1, 0.15) is 5.82 Å². The molecule has 3 aromatic carbocycles. The molecule has 1 aromatic heterocycles. The monoisotopic (exact) mass is 532 g/mol. The Kier molecular flexibility index (Phi) is 7.43. The van der Waals surface area contributed by atoms with Crippen molar-refractivity contribution < 1.29 is 13.7 Å². The van der Waals surface area contributed by atoms with Crippen LogP contribution in [0.25, 0.3) is 28.2 Å². The molecule has 0 spiro atoms. The molecule has 174 valence electrons. The van der Waals surface area contributed by atoms with Crippen LogP contribution in [0.4, 0.5) is 0 Å². The Balaban J connectivity index is 1.86. The molecule has 0 N–H and O–H groups in total. The van der Waals surface area contributed by atoms with E-state index < -0.39 is 16.8 Å². The second-order valence-electron chi connectivity index (χ2n) is 7.29. The highest BCUT2D eigenvalue weighted by molar-refractivity contribution is 7.84. The topological polar surface area (TPSA) is 61.2 Å². The second-order valence-corrected chi connectivity index (χ2v) is 9.89. The smallest absolute Gasteiger partial charge is 0.358 e. The van der Waals surface area contributed by atoms with Crippen LogP contribution in [0.2, 0.25) is 15.1 Å². The summed E-state index contributed by atoms with van der Waals surface area (Å²) >= 11 is 19.6. The SMILES string of the molecule is CCOC(=O)c1cn(-c2ccc(-c3cccc(S(C)=O)c3)cc2Cl)c(-c2c(Cl)cccc2Cl)n1. The van der Waals surface area contributed by atoms with Crippen LogP contribution in [0.5, 0.6) is 0 Å². The van der Waals surface area contributed by atoms with E-state index in [1.807, 2.05) is 36.4 Å². The van der Waals surface area contributed by atoms with Crippen molar-refractivity contribution in [1.82, 2.24) is 9.55 Å². The number of carbonyl (C=O) groups is 1. The molecular weight excluding hydrogens is 515 g/mol. The van der Waals surface area contributed by atoms with Crippen molar-refractivity contribution in [2.24, 2.45) is 0 Å². The average Bonchev–Trinajstić information content (AvgIpc) is 3.24. The summed E-state index contributed by atoms with van der Waals surface area (Å²) in [6.45, 7) is 1.93. The third kappa shape index (κ3) is 4.91. The van der Waals surface area contributed by atoms with E-state index in [0.717, 1.165) is 16.0 Å². The number of carbonyl (C=O) groups excluding carboxylic acids is 1. The number of benzene rings is 3. The van der Waals surface area contributed by atoms with Gasteiger partial charge in [-0.05, 0) is 54.4 Å². The summed E-state index contributed by atoms with van der Waals surface area (Å²) in [5, 5.41) is 1.18. The minimum atomic E-state index is -1.10. The molecule has 0 aliphatic carbocycles. The standard InChI is InChI=1S/C25H19Cl3N2O3S/c1-3-33-25(31)21-14-30(24(29-21)23-18(26)8-5-9-19(23)27)22-11-10-16(13-20(22)28)15-6-4-7-17(12-15)34(2)32/h4-14H,3H2,1-2H3. The van der Waals surface area contributed by atoms with Crippen LogP contribution in [-0.4, -0.2) is 32.6 Å². The molecule has 0 saturated heterocycles. The van der Waals surface area contributed by atoms with Gasteiger partial charge in [0, 0.05) is 28.1 Å². The van der Waals surface area contributed by atoms with Crippen LogP contribution < -0.4 is 0 Å². The number of esters is 1. The maximum absolute atomic E-state index is 12.4. The molecule has 1 heterocycles. The van der Waals surface area contributed by atoms with Gasteiger partial charge in [-0.25, -0.2) is 9.78 Å². The molecule has 4 rings (SSSR count). The Morgan fingerprint density at radius 1 is 0.971 bits per heavy atom. The Morgan fingerprint density at radius 3 is 2.29 bits per heavy atom. The Morgan fingerprint density at radius 2 is 1.65 bits per heavy atom. The van der Waals surface area contributed by atoms with E-state index in [1.54, 1.807) is 48.2 Å². The van der Waals surface area contributed by atoms with Gasteiger partial charge < -0.3 is 4.74 Å². The van der Waals surface area contributed by atoms with Crippen LogP contribution in [0.3, 0.4) is 0 Å². The average molecular weight is 534 g/mol. The van der Waals surface area contributed by atoms with Gasteiger partial charge in [0.2, 0.25) is 0 Å². The summed E-state index contributed by atoms with van der Waals surface area (Å²) in [5.74, 6) is -0.209. The molecule has 0 amide bonds. The predicted octanol–water partition coefficient (Wildman–Crippen LogP) is 7.08. The number of rotatable bonds is 6. The van der Waals surface area contributed by atoms with Crippen molar-refractivity contribution in [3.63, 3.8) is 0 Å². The molecule has 0 radical (unpaired) electrons. The van der Waals surface area contributed by atoms with Crippen LogP contribution in [0.15, 0.2) is 71.8 Å². The number of ether oxygens (including phenoxy) is 1. The number of aromatic nitrogens is 2. The fourth-order valence-corrected chi connectivity index (χ4v) is 4.89. The van der Waals surface area contributed by atoms with E-state index in [2.05, 4.69) is 4.98 Å². The van der Waals surface area contributed by atoms with Crippen molar-refractivity contribution in [3.8, 4) is 28.2 Å². The van der Waals surface area contributed by atoms with Crippen LogP contribution >= 0.6 is 34.8 Å². The van der Waals surface area contributed by atoms with Crippen LogP contribution in [0, 0.1) is 0 Å². The maximum Gasteiger partial charge on any atom is 0.358 e. The van der Waals surface area contributed by atoms with E-state index in [1.165, 1.54) is 0 Å². The van der Waals surface area contributed by atoms with Gasteiger partial charge in [0.05, 0.1) is 32.9 Å². The lowest BCUT2D eigenvalue weighted by Gasteiger charge is -2.13. The zero-order valence-corrected chi connectivity index (χ0v) is 21.3. The third-order valence-electron chi connectivity index (χ3n) is 5.08. The first-order valence-electron chi connectivity index (χ1n) is 10.2. The number of halogens is 3. The summed E-state index contributed by atoms with van der Waals surface area (Å²) in [7, 11) is -1.10. The maximum atomic E-state index is 12.4. The largest absolute Gasteiger partial charge is 0.461 e. The molecular formula is C25H19Cl3N2O3S. The van der Waals surface area contributed by atoms with Gasteiger partial charge >= 0.3 is 5.97 Å². The molecule has 0 saturated carbocycles. The van der Waals surface area contributed by atoms with E-state index in [4.69, 9.17) is 39.5 Å². The van der Waals surface area contributed by atoms with Gasteiger partial charge in [0.25, 0.3) is 0 Å². The van der Waals surface area contributed by atoms with Gasteiger partial charge in [-0.2, -0.15) is 0 Å². The first-order chi connectivity index (χ1) is 16.3. The number of hydrogen-bond acceptors (Lipinski definition) is 4. The fraction of sp³-hybridized carbons (Fsp3) is 0.120. The molecule has 0 aliphatic rings. The zero-order chi connectivity index (χ0) is 24.4. The highest BCUT2D eigenvalue weighted by Crippen LogP contribution is 2.37. The quantitative estimate of drug-likeness (QED) is 0.248. The number of nitrogens with zero attached hydrogens (tertiary/aromatic N) is 2. The van der Waals surface area contributed by atoms with E-state index in [0.29, 0.717) is 32.1 Å². The van der Waals surface area contributed by atoms with Gasteiger partial charge in [-0.1, -0.05) is 59.1 Å². The molecule has 0 fully saturated rings. The van der Waals surface area contributed by atoms with Crippen molar-refractivity contribution in [1.29, 1.82) is 0 Å². The van der Waals surface area contributed by atoms with Gasteiger partial charge in [-0.3, -0.25) is 8.78 Å². The molecule has 0 bridgehead atoms. The van der Waals surface area contributed by atoms with Crippen LogP contribution in [-0.2, 0) is 15.5 Å². The fourth-order valence-electron chi connectivity index (χ4n) is 3.49. The Hall–Kier alpha value is -2.64. The number of hydrogen-bond donors (Lipinski definition) is 0. The first kappa shape index (κ1) is 24.5. The summed E-state index contributed by atoms with van der Waals surface area (Å²) in [4.78, 5) is 17.6. The van der Waals surface area contributed by atoms with Crippen molar-refractivity contribution >= 4 is 51.6 Å². The zero-order valence-electron chi connectivity index (χ0n) is 18.2. The summed E-state index contributed by atoms with van der Waals surface area (Å²) in [6, 6.07) is 18.1. The highest BCUT2D eigenvalue weighted by atomic mass is 35.5. The van der Waals surface area contributed by atoms with Gasteiger partial charge in [0.15, 0.2) is 5.69 Å². The molecule has 1 unspecified atom stereocenters. The lowest BCUT2D eigenvalue weighted by molar-refractivity contribution is 0.0520. The lowest BCUT2D eigenvalue weighted by atomic mass is 10.1. The predicted molar refractivity (Wildman–Crippen MR) is 138 cm³/mol. The molecule has 4 aromatic rings. The molecule has 9 heteroatoms. The molecule has 0 aliphatic heterocycles. The third-order valence-corrected chi connectivity index (χ3v) is 6.93. The lowest BCUT2D eigenvalue weighted by Crippen LogP contribution is -2.04. The highest BCUT2D eigenvalue weighted by Gasteiger charge is 2.22. The molecule has 34 heavy (non-hydrogen) atoms. The van der Waals surface area contributed by atoms with Crippen molar-refractivity contribution in [2.75, 3.05) is 12.9 Å². The second kappa shape index (κ2) is 10.3. The van der Waals surface area contributed by atoms with Crippen LogP contribution in [0.1, 0.15) is 17.4 Å². The summed E-state index contributed by atoms with van der Waals surface area (Å²) < 4.78 is 18.7. The van der Waals surface area contributed by atoms with E-state index >= 15 is 0 Å². The van der Waals surface area contributed by atoms with Crippen molar-refractivity contribution in [3.05, 3.63) is 87.6 Å². The van der Waals surface area contributed by atoms with E-state index in [9.17, 15) is 9.00 Å². The normalized spacial score (nSPS) is 11.9. The molecule has 5 nitrogen and oxygen atoms in total.